The summed E-state index contributed by atoms with van der Waals surface area (Å²) in [5.74, 6) is -0.758. The number of nitrogens with zero attached hydrogens (tertiary/aromatic N) is 2. The molecule has 0 aliphatic carbocycles. The Balaban J connectivity index is 2.73. The number of carbonyl (C=O) groups excluding carboxylic acids is 1. The summed E-state index contributed by atoms with van der Waals surface area (Å²) in [4.78, 5) is 24.1. The van der Waals surface area contributed by atoms with Crippen LogP contribution in [-0.2, 0) is 4.79 Å². The zero-order valence-electron chi connectivity index (χ0n) is 7.81. The van der Waals surface area contributed by atoms with Crippen molar-refractivity contribution in [3.63, 3.8) is 0 Å². The molecule has 1 rings (SSSR count). The molecule has 1 N–H and O–H groups in total. The van der Waals surface area contributed by atoms with Crippen molar-refractivity contribution in [1.29, 1.82) is 0 Å². The van der Waals surface area contributed by atoms with Crippen molar-refractivity contribution >= 4 is 17.4 Å². The summed E-state index contributed by atoms with van der Waals surface area (Å²) >= 11 is 0. The van der Waals surface area contributed by atoms with Crippen LogP contribution in [0.25, 0.3) is 0 Å². The van der Waals surface area contributed by atoms with E-state index < -0.39 is 17.0 Å². The molecule has 0 radical (unpaired) electrons. The molecular formula is C8H8FN3O3. The molecule has 6 nitrogen and oxygen atoms in total. The fourth-order valence-corrected chi connectivity index (χ4v) is 0.794. The number of hydrogen-bond acceptors (Lipinski definition) is 4. The van der Waals surface area contributed by atoms with E-state index in [1.54, 1.807) is 0 Å². The largest absolute Gasteiger partial charge is 0.308 e. The van der Waals surface area contributed by atoms with E-state index in [-0.39, 0.29) is 11.5 Å². The smallest absolute Gasteiger partial charge is 0.287 e. The van der Waals surface area contributed by atoms with E-state index in [0.717, 1.165) is 13.1 Å². The number of rotatable bonds is 3. The lowest BCUT2D eigenvalue weighted by molar-refractivity contribution is -0.385. The van der Waals surface area contributed by atoms with Gasteiger partial charge in [0.2, 0.25) is 0 Å². The van der Waals surface area contributed by atoms with Crippen LogP contribution in [-0.4, -0.2) is 22.0 Å². The zero-order valence-corrected chi connectivity index (χ0v) is 7.81. The Bertz CT molecular complexity index is 377. The highest BCUT2D eigenvalue weighted by Gasteiger charge is 2.12. The summed E-state index contributed by atoms with van der Waals surface area (Å²) in [6.45, 7) is 1.08. The minimum absolute atomic E-state index is 0.0788. The number of nitrogens with one attached hydrogen (secondary N) is 1. The number of nitro groups is 1. The third kappa shape index (κ3) is 2.97. The molecule has 0 fully saturated rings. The Morgan fingerprint density at radius 2 is 2.33 bits per heavy atom. The fourth-order valence-electron chi connectivity index (χ4n) is 0.794. The molecule has 0 aliphatic heterocycles. The molecule has 1 heterocycles. The Morgan fingerprint density at radius 1 is 1.67 bits per heavy atom. The maximum Gasteiger partial charge on any atom is 0.287 e. The minimum Gasteiger partial charge on any atom is -0.308 e. The quantitative estimate of drug-likeness (QED) is 0.605. The molecule has 1 aromatic heterocycles. The summed E-state index contributed by atoms with van der Waals surface area (Å²) in [6, 6.07) is 2.41. The number of aromatic nitrogens is 1. The summed E-state index contributed by atoms with van der Waals surface area (Å²) in [6.07, 6.45) is -0.666. The molecule has 7 heteroatoms. The first-order valence-corrected chi connectivity index (χ1v) is 4.06. The van der Waals surface area contributed by atoms with Crippen molar-refractivity contribution < 1.29 is 14.1 Å². The van der Waals surface area contributed by atoms with Gasteiger partial charge in [-0.25, -0.2) is 9.37 Å². The molecule has 0 saturated heterocycles. The molecule has 0 aromatic carbocycles. The van der Waals surface area contributed by atoms with Crippen molar-refractivity contribution in [1.82, 2.24) is 4.98 Å². The molecule has 80 valence electrons. The number of pyridine rings is 1. The van der Waals surface area contributed by atoms with Gasteiger partial charge >= 0.3 is 0 Å². The van der Waals surface area contributed by atoms with Crippen LogP contribution in [0.5, 0.6) is 0 Å². The van der Waals surface area contributed by atoms with Crippen molar-refractivity contribution in [3.05, 3.63) is 28.4 Å². The van der Waals surface area contributed by atoms with Gasteiger partial charge in [0.1, 0.15) is 12.0 Å². The van der Waals surface area contributed by atoms with Crippen LogP contribution < -0.4 is 5.32 Å². The van der Waals surface area contributed by atoms with Gasteiger partial charge in [-0.1, -0.05) is 0 Å². The standard InChI is InChI=1S/C8H8FN3O3/c1-5(9)8(13)11-7-3-2-6(4-10-7)12(14)15/h2-5H,1H3,(H,10,11,13). The molecule has 1 atom stereocenters. The lowest BCUT2D eigenvalue weighted by Gasteiger charge is -2.03. The third-order valence-electron chi connectivity index (χ3n) is 1.57. The Morgan fingerprint density at radius 3 is 2.73 bits per heavy atom. The van der Waals surface area contributed by atoms with Gasteiger partial charge in [-0.15, -0.1) is 0 Å². The average Bonchev–Trinajstić information content (AvgIpc) is 2.18. The summed E-state index contributed by atoms with van der Waals surface area (Å²) in [5.41, 5.74) is -0.193. The molecule has 1 amide bonds. The van der Waals surface area contributed by atoms with Crippen molar-refractivity contribution in [2.24, 2.45) is 0 Å². The Hall–Kier alpha value is -2.05. The predicted molar refractivity (Wildman–Crippen MR) is 50.1 cm³/mol. The first-order chi connectivity index (χ1) is 7.00. The van der Waals surface area contributed by atoms with Gasteiger partial charge in [0, 0.05) is 6.07 Å². The summed E-state index contributed by atoms with van der Waals surface area (Å²) in [5, 5.41) is 12.4. The molecule has 1 unspecified atom stereocenters. The van der Waals surface area contributed by atoms with Crippen molar-refractivity contribution in [3.8, 4) is 0 Å². The van der Waals surface area contributed by atoms with Gasteiger partial charge in [-0.3, -0.25) is 14.9 Å². The van der Waals surface area contributed by atoms with Crippen LogP contribution in [0.3, 0.4) is 0 Å². The highest BCUT2D eigenvalue weighted by molar-refractivity contribution is 5.92. The highest BCUT2D eigenvalue weighted by atomic mass is 19.1. The van der Waals surface area contributed by atoms with E-state index in [1.165, 1.54) is 12.1 Å². The highest BCUT2D eigenvalue weighted by Crippen LogP contribution is 2.11. The first kappa shape index (κ1) is 11.0. The van der Waals surface area contributed by atoms with Crippen LogP contribution in [0.1, 0.15) is 6.92 Å². The topological polar surface area (TPSA) is 85.1 Å². The number of alkyl halides is 1. The second-order valence-electron chi connectivity index (χ2n) is 2.76. The lowest BCUT2D eigenvalue weighted by Crippen LogP contribution is -2.21. The van der Waals surface area contributed by atoms with E-state index in [9.17, 15) is 19.3 Å². The maximum atomic E-state index is 12.4. The predicted octanol–water partition coefficient (Wildman–Crippen LogP) is 1.29. The molecule has 0 spiro atoms. The number of halogens is 1. The second-order valence-corrected chi connectivity index (χ2v) is 2.76. The van der Waals surface area contributed by atoms with Gasteiger partial charge in [0.05, 0.1) is 4.92 Å². The normalized spacial score (nSPS) is 11.9. The van der Waals surface area contributed by atoms with E-state index in [1.807, 2.05) is 0 Å². The van der Waals surface area contributed by atoms with Gasteiger partial charge in [-0.05, 0) is 13.0 Å². The van der Waals surface area contributed by atoms with Gasteiger partial charge in [0.25, 0.3) is 11.6 Å². The monoisotopic (exact) mass is 213 g/mol. The van der Waals surface area contributed by atoms with Crippen LogP contribution in [0.15, 0.2) is 18.3 Å². The minimum atomic E-state index is -1.65. The molecule has 0 aliphatic rings. The van der Waals surface area contributed by atoms with E-state index >= 15 is 0 Å². The Kier molecular flexibility index (Phi) is 3.27. The average molecular weight is 213 g/mol. The zero-order chi connectivity index (χ0) is 11.4. The lowest BCUT2D eigenvalue weighted by atomic mass is 10.4. The van der Waals surface area contributed by atoms with Crippen LogP contribution in [0.4, 0.5) is 15.9 Å². The second kappa shape index (κ2) is 4.45. The first-order valence-electron chi connectivity index (χ1n) is 4.06. The molecule has 1 aromatic rings. The Labute approximate surface area is 84.3 Å². The molecule has 0 bridgehead atoms. The molecule has 15 heavy (non-hydrogen) atoms. The third-order valence-corrected chi connectivity index (χ3v) is 1.57. The maximum absolute atomic E-state index is 12.4. The summed E-state index contributed by atoms with van der Waals surface area (Å²) in [7, 11) is 0. The van der Waals surface area contributed by atoms with Gasteiger partial charge in [0.15, 0.2) is 6.17 Å². The van der Waals surface area contributed by atoms with E-state index in [0.29, 0.717) is 0 Å². The molecule has 0 saturated carbocycles. The number of carbonyl (C=O) groups is 1. The summed E-state index contributed by atoms with van der Waals surface area (Å²) < 4.78 is 12.4. The van der Waals surface area contributed by atoms with E-state index in [2.05, 4.69) is 10.3 Å². The SMILES string of the molecule is CC(F)C(=O)Nc1ccc([N+](=O)[O-])cn1. The fraction of sp³-hybridized carbons (Fsp3) is 0.250. The van der Waals surface area contributed by atoms with Crippen molar-refractivity contribution in [2.75, 3.05) is 5.32 Å². The number of hydrogen-bond donors (Lipinski definition) is 1. The van der Waals surface area contributed by atoms with Gasteiger partial charge < -0.3 is 5.32 Å². The van der Waals surface area contributed by atoms with Crippen LogP contribution in [0, 0.1) is 10.1 Å². The van der Waals surface area contributed by atoms with Gasteiger partial charge in [-0.2, -0.15) is 0 Å². The van der Waals surface area contributed by atoms with Crippen LogP contribution >= 0.6 is 0 Å². The van der Waals surface area contributed by atoms with Crippen molar-refractivity contribution in [2.45, 2.75) is 13.1 Å². The van der Waals surface area contributed by atoms with Crippen LogP contribution in [0.2, 0.25) is 0 Å². The number of amides is 1. The van der Waals surface area contributed by atoms with E-state index in [4.69, 9.17) is 0 Å². The molecular weight excluding hydrogens is 205 g/mol. The number of anilines is 1.